The number of phenols is 1. The largest absolute Gasteiger partial charge is 0.502 e. The van der Waals surface area contributed by atoms with E-state index in [0.29, 0.717) is 24.1 Å². The van der Waals surface area contributed by atoms with Crippen LogP contribution in [0.5, 0.6) is 17.2 Å². The number of guanidine groups is 1. The highest BCUT2D eigenvalue weighted by molar-refractivity contribution is 5.79. The number of ether oxygens (including phenoxy) is 2. The molecule has 1 aromatic rings. The van der Waals surface area contributed by atoms with Crippen molar-refractivity contribution in [2.75, 3.05) is 40.9 Å². The van der Waals surface area contributed by atoms with E-state index in [2.05, 4.69) is 27.4 Å². The lowest BCUT2D eigenvalue weighted by Crippen LogP contribution is -2.41. The molecule has 0 aliphatic carbocycles. The maximum atomic E-state index is 10.00. The van der Waals surface area contributed by atoms with Gasteiger partial charge in [-0.05, 0) is 50.4 Å². The van der Waals surface area contributed by atoms with Crippen LogP contribution in [-0.4, -0.2) is 62.9 Å². The predicted octanol–water partition coefficient (Wildman–Crippen LogP) is 2.34. The Morgan fingerprint density at radius 3 is 2.52 bits per heavy atom. The summed E-state index contributed by atoms with van der Waals surface area (Å²) in [5.41, 5.74) is 0.937. The van der Waals surface area contributed by atoms with E-state index in [-0.39, 0.29) is 5.75 Å². The Bertz CT molecular complexity index is 596. The van der Waals surface area contributed by atoms with Crippen LogP contribution in [-0.2, 0) is 6.54 Å². The number of methoxy groups -OCH3 is 2. The molecule has 0 radical (unpaired) electrons. The molecule has 1 unspecified atom stereocenters. The number of nitrogens with one attached hydrogen (secondary N) is 2. The van der Waals surface area contributed by atoms with Crippen LogP contribution in [0.1, 0.15) is 38.2 Å². The molecule has 7 nitrogen and oxygen atoms in total. The van der Waals surface area contributed by atoms with Gasteiger partial charge in [-0.15, -0.1) is 0 Å². The number of hydrogen-bond acceptors (Lipinski definition) is 5. The van der Waals surface area contributed by atoms with E-state index >= 15 is 0 Å². The number of piperidine rings is 1. The molecule has 0 bridgehead atoms. The number of phenolic OH excluding ortho intramolecular Hbond substituents is 1. The molecule has 0 aromatic heterocycles. The van der Waals surface area contributed by atoms with E-state index < -0.39 is 0 Å². The summed E-state index contributed by atoms with van der Waals surface area (Å²) < 4.78 is 10.4. The molecular weight excluding hydrogens is 344 g/mol. The van der Waals surface area contributed by atoms with Crippen LogP contribution in [0.15, 0.2) is 17.1 Å². The highest BCUT2D eigenvalue weighted by Gasteiger charge is 2.17. The second-order valence-electron chi connectivity index (χ2n) is 6.94. The Hall–Kier alpha value is -2.15. The van der Waals surface area contributed by atoms with Crippen molar-refractivity contribution < 1.29 is 14.6 Å². The van der Waals surface area contributed by atoms with Gasteiger partial charge in [-0.25, -0.2) is 0 Å². The number of benzene rings is 1. The summed E-state index contributed by atoms with van der Waals surface area (Å²) in [6.07, 6.45) is 5.09. The third-order valence-corrected chi connectivity index (χ3v) is 5.08. The Morgan fingerprint density at radius 1 is 1.22 bits per heavy atom. The van der Waals surface area contributed by atoms with Crippen molar-refractivity contribution >= 4 is 5.96 Å². The van der Waals surface area contributed by atoms with Gasteiger partial charge >= 0.3 is 0 Å². The Balaban J connectivity index is 1.78. The number of likely N-dealkylation sites (tertiary alicyclic amines) is 1. The average Bonchev–Trinajstić information content (AvgIpc) is 2.69. The first-order valence-corrected chi connectivity index (χ1v) is 9.71. The zero-order valence-electron chi connectivity index (χ0n) is 17.0. The molecular formula is C20H34N4O3. The second kappa shape index (κ2) is 10.9. The molecule has 1 heterocycles. The number of aliphatic imine (C=N–C) groups is 1. The predicted molar refractivity (Wildman–Crippen MR) is 109 cm³/mol. The first kappa shape index (κ1) is 21.2. The molecule has 1 aliphatic heterocycles. The molecule has 3 N–H and O–H groups in total. The van der Waals surface area contributed by atoms with Gasteiger partial charge in [0.15, 0.2) is 17.5 Å². The van der Waals surface area contributed by atoms with Crippen molar-refractivity contribution in [3.63, 3.8) is 0 Å². The Kier molecular flexibility index (Phi) is 8.51. The average molecular weight is 379 g/mol. The van der Waals surface area contributed by atoms with Crippen LogP contribution in [0, 0.1) is 0 Å². The van der Waals surface area contributed by atoms with Crippen molar-refractivity contribution in [1.82, 2.24) is 15.5 Å². The van der Waals surface area contributed by atoms with Crippen LogP contribution >= 0.6 is 0 Å². The number of nitrogens with zero attached hydrogens (tertiary/aromatic N) is 2. The molecule has 27 heavy (non-hydrogen) atoms. The van der Waals surface area contributed by atoms with Crippen LogP contribution < -0.4 is 20.1 Å². The van der Waals surface area contributed by atoms with Crippen LogP contribution in [0.25, 0.3) is 0 Å². The lowest BCUT2D eigenvalue weighted by atomic mass is 10.0. The van der Waals surface area contributed by atoms with Gasteiger partial charge in [0.2, 0.25) is 5.75 Å². The van der Waals surface area contributed by atoms with Gasteiger partial charge < -0.3 is 30.1 Å². The molecule has 0 saturated carbocycles. The monoisotopic (exact) mass is 378 g/mol. The summed E-state index contributed by atoms with van der Waals surface area (Å²) in [6.45, 7) is 6.10. The second-order valence-corrected chi connectivity index (χ2v) is 6.94. The smallest absolute Gasteiger partial charge is 0.200 e. The van der Waals surface area contributed by atoms with Crippen molar-refractivity contribution in [2.24, 2.45) is 4.99 Å². The molecule has 0 amide bonds. The molecule has 152 valence electrons. The third kappa shape index (κ3) is 6.20. The summed E-state index contributed by atoms with van der Waals surface area (Å²) in [6, 6.07) is 4.28. The van der Waals surface area contributed by atoms with E-state index in [4.69, 9.17) is 9.47 Å². The van der Waals surface area contributed by atoms with Gasteiger partial charge in [-0.2, -0.15) is 0 Å². The SMILES string of the molecule is CN=C(NCCCN1CCCCC1C)NCc1cc(OC)c(O)c(OC)c1. The summed E-state index contributed by atoms with van der Waals surface area (Å²) in [7, 11) is 4.81. The quantitative estimate of drug-likeness (QED) is 0.366. The highest BCUT2D eigenvalue weighted by atomic mass is 16.5. The molecule has 7 heteroatoms. The summed E-state index contributed by atoms with van der Waals surface area (Å²) >= 11 is 0. The molecule has 2 rings (SSSR count). The summed E-state index contributed by atoms with van der Waals surface area (Å²) in [4.78, 5) is 6.85. The van der Waals surface area contributed by atoms with Gasteiger partial charge in [-0.3, -0.25) is 4.99 Å². The van der Waals surface area contributed by atoms with Crippen LogP contribution in [0.2, 0.25) is 0 Å². The highest BCUT2D eigenvalue weighted by Crippen LogP contribution is 2.36. The van der Waals surface area contributed by atoms with Crippen molar-refractivity contribution in [2.45, 2.75) is 45.2 Å². The fraction of sp³-hybridized carbons (Fsp3) is 0.650. The minimum atomic E-state index is 0.0122. The third-order valence-electron chi connectivity index (χ3n) is 5.08. The molecule has 0 spiro atoms. The topological polar surface area (TPSA) is 78.4 Å². The maximum absolute atomic E-state index is 10.00. The van der Waals surface area contributed by atoms with Gasteiger partial charge in [0.25, 0.3) is 0 Å². The molecule has 1 aromatic carbocycles. The minimum Gasteiger partial charge on any atom is -0.502 e. The van der Waals surface area contributed by atoms with E-state index in [1.807, 2.05) is 0 Å². The lowest BCUT2D eigenvalue weighted by molar-refractivity contribution is 0.159. The molecule has 1 aliphatic rings. The van der Waals surface area contributed by atoms with E-state index in [9.17, 15) is 5.11 Å². The summed E-state index contributed by atoms with van der Waals surface area (Å²) in [5, 5.41) is 16.6. The number of rotatable bonds is 8. The summed E-state index contributed by atoms with van der Waals surface area (Å²) in [5.74, 6) is 1.56. The fourth-order valence-electron chi connectivity index (χ4n) is 3.43. The number of hydrogen-bond donors (Lipinski definition) is 3. The van der Waals surface area contributed by atoms with E-state index in [1.165, 1.54) is 40.0 Å². The van der Waals surface area contributed by atoms with Crippen molar-refractivity contribution in [1.29, 1.82) is 0 Å². The van der Waals surface area contributed by atoms with Crippen molar-refractivity contribution in [3.05, 3.63) is 17.7 Å². The van der Waals surface area contributed by atoms with E-state index in [1.54, 1.807) is 19.2 Å². The van der Waals surface area contributed by atoms with Gasteiger partial charge in [0, 0.05) is 32.7 Å². The van der Waals surface area contributed by atoms with E-state index in [0.717, 1.165) is 31.0 Å². The molecule has 1 saturated heterocycles. The molecule has 1 fully saturated rings. The zero-order chi connectivity index (χ0) is 19.6. The van der Waals surface area contributed by atoms with Gasteiger partial charge in [-0.1, -0.05) is 6.42 Å². The first-order chi connectivity index (χ1) is 13.1. The Labute approximate surface area is 162 Å². The van der Waals surface area contributed by atoms with Gasteiger partial charge in [0.1, 0.15) is 0 Å². The van der Waals surface area contributed by atoms with Crippen LogP contribution in [0.3, 0.4) is 0 Å². The fourth-order valence-corrected chi connectivity index (χ4v) is 3.43. The lowest BCUT2D eigenvalue weighted by Gasteiger charge is -2.33. The number of aromatic hydroxyl groups is 1. The normalized spacial score (nSPS) is 18.2. The van der Waals surface area contributed by atoms with Gasteiger partial charge in [0.05, 0.1) is 14.2 Å². The maximum Gasteiger partial charge on any atom is 0.200 e. The molecule has 1 atom stereocenters. The first-order valence-electron chi connectivity index (χ1n) is 9.71. The minimum absolute atomic E-state index is 0.0122. The van der Waals surface area contributed by atoms with Crippen LogP contribution in [0.4, 0.5) is 0 Å². The Morgan fingerprint density at radius 2 is 1.93 bits per heavy atom. The van der Waals surface area contributed by atoms with Crippen molar-refractivity contribution in [3.8, 4) is 17.2 Å². The zero-order valence-corrected chi connectivity index (χ0v) is 17.0. The standard InChI is InChI=1S/C20H34N4O3/c1-15-8-5-6-10-24(15)11-7-9-22-20(21-2)23-14-16-12-17(26-3)19(25)18(13-16)27-4/h12-13,15,25H,5-11,14H2,1-4H3,(H2,21,22,23).